The van der Waals surface area contributed by atoms with Gasteiger partial charge in [0.15, 0.2) is 5.75 Å². The van der Waals surface area contributed by atoms with Gasteiger partial charge in [0.05, 0.1) is 17.6 Å². The van der Waals surface area contributed by atoms with Gasteiger partial charge in [-0.15, -0.1) is 0 Å². The molecule has 1 N–H and O–H groups in total. The van der Waals surface area contributed by atoms with Crippen LogP contribution in [-0.4, -0.2) is 24.2 Å². The molecule has 1 saturated heterocycles. The largest absolute Gasteiger partial charge is 0.487 e. The summed E-state index contributed by atoms with van der Waals surface area (Å²) in [6, 6.07) is 15.3. The number of benzene rings is 2. The number of hydrogen-bond acceptors (Lipinski definition) is 5. The molecule has 2 aromatic rings. The van der Waals surface area contributed by atoms with Crippen molar-refractivity contribution in [2.45, 2.75) is 31.9 Å². The summed E-state index contributed by atoms with van der Waals surface area (Å²) in [6.45, 7) is 2.88. The second kappa shape index (κ2) is 7.98. The predicted molar refractivity (Wildman–Crippen MR) is 96.0 cm³/mol. The summed E-state index contributed by atoms with van der Waals surface area (Å²) in [6.07, 6.45) is 1.81. The SMILES string of the molecule is CCOc1cc(NC2CCOC(c3ccccc3)C2)ccc1[N+](=O)[O-]. The van der Waals surface area contributed by atoms with Gasteiger partial charge in [0.25, 0.3) is 0 Å². The zero-order chi connectivity index (χ0) is 17.6. The van der Waals surface area contributed by atoms with Gasteiger partial charge in [0.2, 0.25) is 0 Å². The van der Waals surface area contributed by atoms with Crippen molar-refractivity contribution in [1.29, 1.82) is 0 Å². The molecule has 1 aliphatic heterocycles. The molecular weight excluding hydrogens is 320 g/mol. The molecule has 0 saturated carbocycles. The lowest BCUT2D eigenvalue weighted by molar-refractivity contribution is -0.385. The molecule has 25 heavy (non-hydrogen) atoms. The molecule has 132 valence electrons. The molecule has 6 nitrogen and oxygen atoms in total. The molecule has 3 rings (SSSR count). The predicted octanol–water partition coefficient (Wildman–Crippen LogP) is 4.33. The third kappa shape index (κ3) is 4.28. The molecule has 0 amide bonds. The van der Waals surface area contributed by atoms with Gasteiger partial charge >= 0.3 is 5.69 Å². The highest BCUT2D eigenvalue weighted by molar-refractivity contribution is 5.58. The van der Waals surface area contributed by atoms with Crippen molar-refractivity contribution in [3.8, 4) is 5.75 Å². The van der Waals surface area contributed by atoms with Gasteiger partial charge in [0.1, 0.15) is 0 Å². The number of nitrogens with zero attached hydrogens (tertiary/aromatic N) is 1. The molecule has 2 aromatic carbocycles. The molecular formula is C19H22N2O4. The van der Waals surface area contributed by atoms with Crippen LogP contribution in [0.25, 0.3) is 0 Å². The Morgan fingerprint density at radius 2 is 2.08 bits per heavy atom. The highest BCUT2D eigenvalue weighted by Gasteiger charge is 2.24. The summed E-state index contributed by atoms with van der Waals surface area (Å²) in [5.74, 6) is 0.296. The van der Waals surface area contributed by atoms with Crippen molar-refractivity contribution in [3.63, 3.8) is 0 Å². The first-order valence-electron chi connectivity index (χ1n) is 8.51. The van der Waals surface area contributed by atoms with E-state index in [4.69, 9.17) is 9.47 Å². The Morgan fingerprint density at radius 3 is 2.80 bits per heavy atom. The van der Waals surface area contributed by atoms with Gasteiger partial charge < -0.3 is 14.8 Å². The summed E-state index contributed by atoms with van der Waals surface area (Å²) in [5.41, 5.74) is 1.99. The van der Waals surface area contributed by atoms with Gasteiger partial charge in [-0.1, -0.05) is 30.3 Å². The number of ether oxygens (including phenoxy) is 2. The van der Waals surface area contributed by atoms with Crippen molar-refractivity contribution in [1.82, 2.24) is 0 Å². The Balaban J connectivity index is 1.71. The first-order chi connectivity index (χ1) is 12.2. The summed E-state index contributed by atoms with van der Waals surface area (Å²) < 4.78 is 11.3. The van der Waals surface area contributed by atoms with E-state index in [2.05, 4.69) is 17.4 Å². The lowest BCUT2D eigenvalue weighted by Crippen LogP contribution is -2.30. The fourth-order valence-electron chi connectivity index (χ4n) is 3.09. The van der Waals surface area contributed by atoms with E-state index in [9.17, 15) is 10.1 Å². The van der Waals surface area contributed by atoms with Gasteiger partial charge in [-0.3, -0.25) is 10.1 Å². The second-order valence-electron chi connectivity index (χ2n) is 6.01. The monoisotopic (exact) mass is 342 g/mol. The Hall–Kier alpha value is -2.60. The van der Waals surface area contributed by atoms with Crippen LogP contribution in [0.15, 0.2) is 48.5 Å². The van der Waals surface area contributed by atoms with Gasteiger partial charge in [-0.2, -0.15) is 0 Å². The number of rotatable bonds is 6. The average Bonchev–Trinajstić information content (AvgIpc) is 2.63. The van der Waals surface area contributed by atoms with E-state index >= 15 is 0 Å². The van der Waals surface area contributed by atoms with E-state index in [0.29, 0.717) is 19.0 Å². The van der Waals surface area contributed by atoms with Crippen LogP contribution in [0.3, 0.4) is 0 Å². The van der Waals surface area contributed by atoms with Gasteiger partial charge in [-0.05, 0) is 31.4 Å². The van der Waals surface area contributed by atoms with Crippen LogP contribution in [0.4, 0.5) is 11.4 Å². The quantitative estimate of drug-likeness (QED) is 0.625. The molecule has 2 atom stereocenters. The van der Waals surface area contributed by atoms with Crippen molar-refractivity contribution in [3.05, 3.63) is 64.2 Å². The minimum Gasteiger partial charge on any atom is -0.487 e. The van der Waals surface area contributed by atoms with E-state index in [-0.39, 0.29) is 17.8 Å². The number of nitro groups is 1. The van der Waals surface area contributed by atoms with Crippen molar-refractivity contribution >= 4 is 11.4 Å². The molecule has 0 aromatic heterocycles. The third-order valence-corrected chi connectivity index (χ3v) is 4.28. The normalized spacial score (nSPS) is 20.0. The topological polar surface area (TPSA) is 73.6 Å². The molecule has 0 spiro atoms. The first-order valence-corrected chi connectivity index (χ1v) is 8.51. The first kappa shape index (κ1) is 17.2. The van der Waals surface area contributed by atoms with Crippen LogP contribution in [0, 0.1) is 10.1 Å². The fraction of sp³-hybridized carbons (Fsp3) is 0.368. The highest BCUT2D eigenvalue weighted by Crippen LogP contribution is 2.33. The standard InChI is InChI=1S/C19H22N2O4/c1-2-24-19-13-15(8-9-17(19)21(22)23)20-16-10-11-25-18(12-16)14-6-4-3-5-7-14/h3-9,13,16,18,20H,2,10-12H2,1H3. The van der Waals surface area contributed by atoms with Crippen molar-refractivity contribution < 1.29 is 14.4 Å². The van der Waals surface area contributed by atoms with Crippen LogP contribution >= 0.6 is 0 Å². The zero-order valence-electron chi connectivity index (χ0n) is 14.2. The maximum atomic E-state index is 11.1. The van der Waals surface area contributed by atoms with Crippen molar-refractivity contribution in [2.75, 3.05) is 18.5 Å². The van der Waals surface area contributed by atoms with E-state index in [1.165, 1.54) is 11.6 Å². The van der Waals surface area contributed by atoms with E-state index in [1.807, 2.05) is 25.1 Å². The Kier molecular flexibility index (Phi) is 5.50. The Morgan fingerprint density at radius 1 is 1.28 bits per heavy atom. The van der Waals surface area contributed by atoms with Crippen LogP contribution in [0.2, 0.25) is 0 Å². The molecule has 0 bridgehead atoms. The molecule has 6 heteroatoms. The van der Waals surface area contributed by atoms with Crippen LogP contribution < -0.4 is 10.1 Å². The van der Waals surface area contributed by atoms with E-state index < -0.39 is 4.92 Å². The number of nitro benzene ring substituents is 1. The fourth-order valence-corrected chi connectivity index (χ4v) is 3.09. The van der Waals surface area contributed by atoms with E-state index in [0.717, 1.165) is 18.5 Å². The molecule has 0 radical (unpaired) electrons. The zero-order valence-corrected chi connectivity index (χ0v) is 14.2. The lowest BCUT2D eigenvalue weighted by Gasteiger charge is -2.31. The van der Waals surface area contributed by atoms with Crippen LogP contribution in [-0.2, 0) is 4.74 Å². The summed E-state index contributed by atoms with van der Waals surface area (Å²) in [7, 11) is 0. The molecule has 1 fully saturated rings. The number of anilines is 1. The third-order valence-electron chi connectivity index (χ3n) is 4.28. The summed E-state index contributed by atoms with van der Waals surface area (Å²) >= 11 is 0. The highest BCUT2D eigenvalue weighted by atomic mass is 16.6. The summed E-state index contributed by atoms with van der Waals surface area (Å²) in [4.78, 5) is 10.7. The maximum Gasteiger partial charge on any atom is 0.311 e. The van der Waals surface area contributed by atoms with E-state index in [1.54, 1.807) is 12.1 Å². The molecule has 1 heterocycles. The maximum absolute atomic E-state index is 11.1. The van der Waals surface area contributed by atoms with Crippen molar-refractivity contribution in [2.24, 2.45) is 0 Å². The van der Waals surface area contributed by atoms with Crippen LogP contribution in [0.5, 0.6) is 5.75 Å². The molecule has 2 unspecified atom stereocenters. The second-order valence-corrected chi connectivity index (χ2v) is 6.01. The van der Waals surface area contributed by atoms with Gasteiger partial charge in [-0.25, -0.2) is 0 Å². The lowest BCUT2D eigenvalue weighted by atomic mass is 9.97. The summed E-state index contributed by atoms with van der Waals surface area (Å²) in [5, 5.41) is 14.5. The minimum atomic E-state index is -0.422. The number of hydrogen-bond donors (Lipinski definition) is 1. The average molecular weight is 342 g/mol. The number of nitrogens with one attached hydrogen (secondary N) is 1. The Labute approximate surface area is 146 Å². The molecule has 1 aliphatic rings. The van der Waals surface area contributed by atoms with Gasteiger partial charge in [0, 0.05) is 30.5 Å². The molecule has 0 aliphatic carbocycles. The Bertz CT molecular complexity index is 721. The minimum absolute atomic E-state index is 0.0125. The van der Waals surface area contributed by atoms with Crippen LogP contribution in [0.1, 0.15) is 31.4 Å². The smallest absolute Gasteiger partial charge is 0.311 e.